The molecule has 1 atom stereocenters. The molecule has 1 heterocycles. The van der Waals surface area contributed by atoms with E-state index in [0.29, 0.717) is 24.3 Å². The summed E-state index contributed by atoms with van der Waals surface area (Å²) in [5.74, 6) is 0.320. The van der Waals surface area contributed by atoms with E-state index in [1.165, 1.54) is 0 Å². The Morgan fingerprint density at radius 2 is 2.00 bits per heavy atom. The highest BCUT2D eigenvalue weighted by molar-refractivity contribution is 5.97. The number of nitrogens with one attached hydrogen (secondary N) is 1. The second-order valence-corrected chi connectivity index (χ2v) is 6.19. The van der Waals surface area contributed by atoms with Crippen molar-refractivity contribution >= 4 is 17.5 Å². The average molecular weight is 304 g/mol. The zero-order chi connectivity index (χ0) is 16.1. The van der Waals surface area contributed by atoms with Crippen LogP contribution >= 0.6 is 0 Å². The van der Waals surface area contributed by atoms with Crippen LogP contribution in [0.4, 0.5) is 5.69 Å². The molecular weight excluding hydrogens is 280 g/mol. The SMILES string of the molecule is CC(C)CC(O)CNC(=O)c1ccc(N2CCCC2=O)cc1. The molecule has 1 unspecified atom stereocenters. The van der Waals surface area contributed by atoms with Gasteiger partial charge in [-0.1, -0.05) is 13.8 Å². The van der Waals surface area contributed by atoms with Crippen molar-refractivity contribution in [2.75, 3.05) is 18.0 Å². The van der Waals surface area contributed by atoms with E-state index < -0.39 is 6.10 Å². The minimum atomic E-state index is -0.523. The molecule has 1 aromatic carbocycles. The Hall–Kier alpha value is -1.88. The quantitative estimate of drug-likeness (QED) is 0.844. The molecule has 2 N–H and O–H groups in total. The standard InChI is InChI=1S/C17H24N2O3/c1-12(2)10-15(20)11-18-17(22)13-5-7-14(8-6-13)19-9-3-4-16(19)21/h5-8,12,15,20H,3-4,9-11H2,1-2H3,(H,18,22). The first-order valence-electron chi connectivity index (χ1n) is 7.84. The van der Waals surface area contributed by atoms with Crippen LogP contribution in [-0.2, 0) is 4.79 Å². The topological polar surface area (TPSA) is 69.6 Å². The highest BCUT2D eigenvalue weighted by atomic mass is 16.3. The number of hydrogen-bond donors (Lipinski definition) is 2. The first kappa shape index (κ1) is 16.5. The molecule has 0 bridgehead atoms. The monoisotopic (exact) mass is 304 g/mol. The number of aliphatic hydroxyl groups is 1. The molecule has 120 valence electrons. The Kier molecular flexibility index (Phi) is 5.55. The van der Waals surface area contributed by atoms with Crippen molar-refractivity contribution in [2.45, 2.75) is 39.2 Å². The van der Waals surface area contributed by atoms with Crippen molar-refractivity contribution in [3.8, 4) is 0 Å². The van der Waals surface area contributed by atoms with Crippen LogP contribution < -0.4 is 10.2 Å². The van der Waals surface area contributed by atoms with Crippen LogP contribution in [0.5, 0.6) is 0 Å². The van der Waals surface area contributed by atoms with Gasteiger partial charge in [0.1, 0.15) is 0 Å². The molecule has 1 aromatic rings. The minimum absolute atomic E-state index is 0.133. The van der Waals surface area contributed by atoms with Gasteiger partial charge in [0, 0.05) is 30.8 Å². The van der Waals surface area contributed by atoms with E-state index in [0.717, 1.165) is 18.7 Å². The van der Waals surface area contributed by atoms with Gasteiger partial charge in [0.25, 0.3) is 5.91 Å². The predicted molar refractivity (Wildman–Crippen MR) is 85.8 cm³/mol. The van der Waals surface area contributed by atoms with Gasteiger partial charge in [0.2, 0.25) is 5.91 Å². The van der Waals surface area contributed by atoms with Gasteiger partial charge in [-0.25, -0.2) is 0 Å². The summed E-state index contributed by atoms with van der Waals surface area (Å²) in [4.78, 5) is 25.5. The lowest BCUT2D eigenvalue weighted by molar-refractivity contribution is -0.117. The van der Waals surface area contributed by atoms with E-state index in [1.54, 1.807) is 29.2 Å². The summed E-state index contributed by atoms with van der Waals surface area (Å²) in [7, 11) is 0. The third-order valence-corrected chi connectivity index (χ3v) is 3.76. The van der Waals surface area contributed by atoms with Crippen molar-refractivity contribution in [3.05, 3.63) is 29.8 Å². The summed E-state index contributed by atoms with van der Waals surface area (Å²) in [6.07, 6.45) is 1.62. The maximum atomic E-state index is 12.0. The Morgan fingerprint density at radius 3 is 2.55 bits per heavy atom. The third kappa shape index (κ3) is 4.31. The number of rotatable bonds is 6. The molecule has 0 spiro atoms. The van der Waals surface area contributed by atoms with Crippen molar-refractivity contribution < 1.29 is 14.7 Å². The van der Waals surface area contributed by atoms with E-state index in [-0.39, 0.29) is 18.4 Å². The molecule has 1 aliphatic rings. The molecule has 0 aromatic heterocycles. The van der Waals surface area contributed by atoms with E-state index >= 15 is 0 Å². The van der Waals surface area contributed by atoms with Gasteiger partial charge in [0.05, 0.1) is 6.10 Å². The van der Waals surface area contributed by atoms with Crippen LogP contribution in [0.25, 0.3) is 0 Å². The fourth-order valence-corrected chi connectivity index (χ4v) is 2.65. The molecular formula is C17H24N2O3. The lowest BCUT2D eigenvalue weighted by atomic mass is 10.1. The van der Waals surface area contributed by atoms with Gasteiger partial charge in [-0.3, -0.25) is 9.59 Å². The molecule has 22 heavy (non-hydrogen) atoms. The number of nitrogens with zero attached hydrogens (tertiary/aromatic N) is 1. The molecule has 5 heteroatoms. The summed E-state index contributed by atoms with van der Waals surface area (Å²) in [5, 5.41) is 12.5. The van der Waals surface area contributed by atoms with Gasteiger partial charge in [-0.2, -0.15) is 0 Å². The summed E-state index contributed by atoms with van der Waals surface area (Å²) < 4.78 is 0. The van der Waals surface area contributed by atoms with Crippen molar-refractivity contribution in [1.82, 2.24) is 5.32 Å². The second kappa shape index (κ2) is 7.40. The molecule has 2 amide bonds. The van der Waals surface area contributed by atoms with Gasteiger partial charge in [-0.05, 0) is 43.0 Å². The Balaban J connectivity index is 1.89. The van der Waals surface area contributed by atoms with E-state index in [4.69, 9.17) is 0 Å². The molecule has 2 rings (SSSR count). The van der Waals surface area contributed by atoms with Gasteiger partial charge in [0.15, 0.2) is 0 Å². The van der Waals surface area contributed by atoms with Crippen molar-refractivity contribution in [3.63, 3.8) is 0 Å². The predicted octanol–water partition coefficient (Wildman–Crippen LogP) is 1.95. The smallest absolute Gasteiger partial charge is 0.251 e. The van der Waals surface area contributed by atoms with Gasteiger partial charge < -0.3 is 15.3 Å². The van der Waals surface area contributed by atoms with E-state index in [2.05, 4.69) is 5.32 Å². The molecule has 1 fully saturated rings. The number of anilines is 1. The molecule has 0 saturated carbocycles. The molecule has 1 saturated heterocycles. The third-order valence-electron chi connectivity index (χ3n) is 3.76. The lowest BCUT2D eigenvalue weighted by Gasteiger charge is -2.16. The largest absolute Gasteiger partial charge is 0.391 e. The maximum absolute atomic E-state index is 12.0. The zero-order valence-electron chi connectivity index (χ0n) is 13.2. The second-order valence-electron chi connectivity index (χ2n) is 6.19. The summed E-state index contributed by atoms with van der Waals surface area (Å²) in [5.41, 5.74) is 1.37. The molecule has 1 aliphatic heterocycles. The van der Waals surface area contributed by atoms with E-state index in [1.807, 2.05) is 13.8 Å². The number of carbonyl (C=O) groups is 2. The normalized spacial score (nSPS) is 16.2. The minimum Gasteiger partial charge on any atom is -0.391 e. The van der Waals surface area contributed by atoms with Crippen molar-refractivity contribution in [1.29, 1.82) is 0 Å². The zero-order valence-corrected chi connectivity index (χ0v) is 13.2. The number of amides is 2. The van der Waals surface area contributed by atoms with Gasteiger partial charge in [-0.15, -0.1) is 0 Å². The number of carbonyl (C=O) groups excluding carboxylic acids is 2. The maximum Gasteiger partial charge on any atom is 0.251 e. The lowest BCUT2D eigenvalue weighted by Crippen LogP contribution is -2.32. The number of hydrogen-bond acceptors (Lipinski definition) is 3. The van der Waals surface area contributed by atoms with E-state index in [9.17, 15) is 14.7 Å². The Bertz CT molecular complexity index is 525. The summed E-state index contributed by atoms with van der Waals surface area (Å²) >= 11 is 0. The molecule has 5 nitrogen and oxygen atoms in total. The summed E-state index contributed by atoms with van der Waals surface area (Å²) in [6, 6.07) is 7.02. The fourth-order valence-electron chi connectivity index (χ4n) is 2.65. The molecule has 0 radical (unpaired) electrons. The Labute approximate surface area is 131 Å². The average Bonchev–Trinajstić information content (AvgIpc) is 2.90. The first-order valence-corrected chi connectivity index (χ1v) is 7.84. The van der Waals surface area contributed by atoms with Crippen LogP contribution in [0, 0.1) is 5.92 Å². The fraction of sp³-hybridized carbons (Fsp3) is 0.529. The van der Waals surface area contributed by atoms with Gasteiger partial charge >= 0.3 is 0 Å². The number of aliphatic hydroxyl groups excluding tert-OH is 1. The highest BCUT2D eigenvalue weighted by Gasteiger charge is 2.21. The van der Waals surface area contributed by atoms with Crippen LogP contribution in [-0.4, -0.2) is 36.1 Å². The van der Waals surface area contributed by atoms with Crippen LogP contribution in [0.2, 0.25) is 0 Å². The van der Waals surface area contributed by atoms with Crippen LogP contribution in [0.1, 0.15) is 43.5 Å². The highest BCUT2D eigenvalue weighted by Crippen LogP contribution is 2.21. The number of benzene rings is 1. The summed E-state index contributed by atoms with van der Waals surface area (Å²) in [6.45, 7) is 5.06. The molecule has 0 aliphatic carbocycles. The Morgan fingerprint density at radius 1 is 1.32 bits per heavy atom. The first-order chi connectivity index (χ1) is 10.5. The van der Waals surface area contributed by atoms with Crippen LogP contribution in [0.15, 0.2) is 24.3 Å². The van der Waals surface area contributed by atoms with Crippen LogP contribution in [0.3, 0.4) is 0 Å². The van der Waals surface area contributed by atoms with Crippen molar-refractivity contribution in [2.24, 2.45) is 5.92 Å².